The van der Waals surface area contributed by atoms with Gasteiger partial charge in [0.15, 0.2) is 0 Å². The number of carbonyl (C=O) groups excluding carboxylic acids is 2. The molecule has 310 valence electrons. The summed E-state index contributed by atoms with van der Waals surface area (Å²) in [6, 6.07) is 10.6. The molecule has 14 heteroatoms. The number of carbonyl (C=O) groups is 3. The summed E-state index contributed by atoms with van der Waals surface area (Å²) in [5.41, 5.74) is 9.30. The Balaban J connectivity index is 1.42. The maximum Gasteiger partial charge on any atom is 0.337 e. The number of aromatic nitrogens is 4. The minimum absolute atomic E-state index is 0.0759. The molecule has 0 aliphatic carbocycles. The van der Waals surface area contributed by atoms with Crippen LogP contribution in [0.2, 0.25) is 10.0 Å². The van der Waals surface area contributed by atoms with Crippen LogP contribution in [-0.4, -0.2) is 87.0 Å². The molecule has 7 rings (SSSR count). The van der Waals surface area contributed by atoms with Gasteiger partial charge in [0.2, 0.25) is 5.91 Å². The number of halogens is 2. The van der Waals surface area contributed by atoms with E-state index in [2.05, 4.69) is 11.5 Å². The van der Waals surface area contributed by atoms with Crippen molar-refractivity contribution in [1.82, 2.24) is 23.8 Å². The summed E-state index contributed by atoms with van der Waals surface area (Å²) in [6.45, 7) is 12.5. The number of amides is 2. The maximum atomic E-state index is 15.5. The van der Waals surface area contributed by atoms with Crippen LogP contribution in [0.25, 0.3) is 32.9 Å². The molecule has 0 fully saturated rings. The van der Waals surface area contributed by atoms with Gasteiger partial charge in [-0.15, -0.1) is 0 Å². The van der Waals surface area contributed by atoms with Gasteiger partial charge in [-0.2, -0.15) is 5.10 Å². The number of nitrogens with zero attached hydrogens (tertiary/aromatic N) is 7. The van der Waals surface area contributed by atoms with E-state index in [0.717, 1.165) is 55.9 Å². The number of benzene rings is 3. The lowest BCUT2D eigenvalue weighted by Crippen LogP contribution is -2.44. The van der Waals surface area contributed by atoms with Crippen molar-refractivity contribution in [3.05, 3.63) is 92.0 Å². The third-order valence-corrected chi connectivity index (χ3v) is 12.9. The van der Waals surface area contributed by atoms with Gasteiger partial charge in [-0.1, -0.05) is 29.3 Å². The van der Waals surface area contributed by atoms with E-state index in [1.807, 2.05) is 95.7 Å². The summed E-state index contributed by atoms with van der Waals surface area (Å²) in [6.07, 6.45) is 2.68. The lowest BCUT2D eigenvalue weighted by molar-refractivity contribution is -0.122. The molecule has 0 saturated carbocycles. The molecule has 0 saturated heterocycles. The SMILES string of the molecule is Cc1cc(OCCCc2c3n(c4c(-c5c(C)nn(C)c5C)c(Cl)ccc24)[C@H](C)CN(c2cc(N(C)C(=O)C(C)N(C)C)cc4c(C(=O)O)cn(C)c24)C3=O)cc(C)c1Cl. The first-order valence-electron chi connectivity index (χ1n) is 19.7. The zero-order chi connectivity index (χ0) is 42.9. The molecule has 12 nitrogen and oxygen atoms in total. The fraction of sp³-hybridized carbons (Fsp3) is 0.378. The summed E-state index contributed by atoms with van der Waals surface area (Å²) < 4.78 is 12.0. The molecule has 0 radical (unpaired) electrons. The van der Waals surface area contributed by atoms with Crippen molar-refractivity contribution in [3.63, 3.8) is 0 Å². The first-order valence-corrected chi connectivity index (χ1v) is 20.5. The van der Waals surface area contributed by atoms with Crippen LogP contribution in [0.5, 0.6) is 5.75 Å². The highest BCUT2D eigenvalue weighted by molar-refractivity contribution is 6.35. The summed E-state index contributed by atoms with van der Waals surface area (Å²) in [4.78, 5) is 46.9. The molecule has 1 aliphatic heterocycles. The quantitative estimate of drug-likeness (QED) is 0.130. The number of ether oxygens (including phenoxy) is 1. The Morgan fingerprint density at radius 1 is 0.983 bits per heavy atom. The number of anilines is 2. The molecule has 1 N–H and O–H groups in total. The monoisotopic (exact) mass is 839 g/mol. The average Bonchev–Trinajstić information content (AvgIpc) is 3.79. The second kappa shape index (κ2) is 15.7. The van der Waals surface area contributed by atoms with Gasteiger partial charge in [0.1, 0.15) is 11.4 Å². The standard InChI is InChI=1S/C45H51Cl2N7O5/c1-23-17-30(18-24(2)39(23)47)59-16-12-13-31-32-14-15-35(46)38(37-26(4)48-52(11)27(37)5)41(32)54-25(3)21-53(44(56)42(31)54)36-20-29(51(10)43(55)28(6)49(7)8)19-33-34(45(57)58)22-50(9)40(33)36/h14-15,17-20,22,25,28H,12-13,16,21H2,1-11H3,(H,57,58)/t25-,28?/m1/s1. The topological polar surface area (TPSA) is 118 Å². The number of hydrogen-bond donors (Lipinski definition) is 1. The van der Waals surface area contributed by atoms with Gasteiger partial charge >= 0.3 is 5.97 Å². The van der Waals surface area contributed by atoms with Crippen molar-refractivity contribution < 1.29 is 24.2 Å². The number of carboxylic acid groups (broad SMARTS) is 1. The van der Waals surface area contributed by atoms with E-state index in [4.69, 9.17) is 33.0 Å². The van der Waals surface area contributed by atoms with Crippen molar-refractivity contribution in [2.75, 3.05) is 44.1 Å². The summed E-state index contributed by atoms with van der Waals surface area (Å²) in [5.74, 6) is -0.790. The highest BCUT2D eigenvalue weighted by Gasteiger charge is 2.38. The van der Waals surface area contributed by atoms with E-state index in [9.17, 15) is 14.7 Å². The van der Waals surface area contributed by atoms with E-state index in [0.29, 0.717) is 57.5 Å². The normalized spacial score (nSPS) is 14.8. The molecule has 0 spiro atoms. The zero-order valence-electron chi connectivity index (χ0n) is 35.5. The number of aryl methyl sites for hydroxylation is 6. The minimum atomic E-state index is -1.10. The molecule has 2 amide bonds. The van der Waals surface area contributed by atoms with Gasteiger partial charge in [-0.3, -0.25) is 19.2 Å². The van der Waals surface area contributed by atoms with Crippen LogP contribution in [0.15, 0.2) is 42.6 Å². The molecule has 2 atom stereocenters. The first kappa shape index (κ1) is 41.8. The number of rotatable bonds is 11. The van der Waals surface area contributed by atoms with Crippen molar-refractivity contribution in [1.29, 1.82) is 0 Å². The smallest absolute Gasteiger partial charge is 0.337 e. The molecule has 59 heavy (non-hydrogen) atoms. The number of hydrogen-bond acceptors (Lipinski definition) is 6. The Morgan fingerprint density at radius 2 is 1.66 bits per heavy atom. The van der Waals surface area contributed by atoms with E-state index < -0.39 is 12.0 Å². The third-order valence-electron chi connectivity index (χ3n) is 12.0. The van der Waals surface area contributed by atoms with Crippen molar-refractivity contribution in [3.8, 4) is 16.9 Å². The fourth-order valence-electron chi connectivity index (χ4n) is 8.64. The molecule has 6 aromatic rings. The summed E-state index contributed by atoms with van der Waals surface area (Å²) >= 11 is 13.6. The van der Waals surface area contributed by atoms with E-state index in [-0.39, 0.29) is 30.0 Å². The van der Waals surface area contributed by atoms with Crippen LogP contribution >= 0.6 is 23.2 Å². The van der Waals surface area contributed by atoms with Crippen LogP contribution in [0.3, 0.4) is 0 Å². The minimum Gasteiger partial charge on any atom is -0.494 e. The van der Waals surface area contributed by atoms with Gasteiger partial charge in [0.05, 0.1) is 45.6 Å². The molecule has 0 bridgehead atoms. The zero-order valence-corrected chi connectivity index (χ0v) is 37.0. The van der Waals surface area contributed by atoms with Gasteiger partial charge in [-0.25, -0.2) is 4.79 Å². The predicted octanol–water partition coefficient (Wildman–Crippen LogP) is 8.92. The van der Waals surface area contributed by atoms with Crippen LogP contribution in [0.4, 0.5) is 11.4 Å². The van der Waals surface area contributed by atoms with Crippen molar-refractivity contribution in [2.45, 2.75) is 66.5 Å². The lowest BCUT2D eigenvalue weighted by atomic mass is 9.98. The second-order valence-corrected chi connectivity index (χ2v) is 16.9. The highest BCUT2D eigenvalue weighted by atomic mass is 35.5. The first-order chi connectivity index (χ1) is 27.8. The number of fused-ring (bicyclic) bond motifs is 4. The van der Waals surface area contributed by atoms with Crippen molar-refractivity contribution in [2.24, 2.45) is 14.1 Å². The largest absolute Gasteiger partial charge is 0.494 e. The molecule has 3 aromatic heterocycles. The van der Waals surface area contributed by atoms with Crippen LogP contribution in [0, 0.1) is 27.7 Å². The molecule has 1 unspecified atom stereocenters. The Kier molecular flexibility index (Phi) is 11.1. The lowest BCUT2D eigenvalue weighted by Gasteiger charge is -2.35. The van der Waals surface area contributed by atoms with Crippen LogP contribution in [0.1, 0.15) is 75.2 Å². The fourth-order valence-corrected chi connectivity index (χ4v) is 9.00. The average molecular weight is 841 g/mol. The van der Waals surface area contributed by atoms with Gasteiger partial charge in [-0.05, 0) is 116 Å². The number of carboxylic acids is 1. The van der Waals surface area contributed by atoms with Gasteiger partial charge < -0.3 is 28.8 Å². The molecule has 4 heterocycles. The molecular weight excluding hydrogens is 789 g/mol. The Labute approximate surface area is 354 Å². The number of aromatic carboxylic acids is 1. The van der Waals surface area contributed by atoms with Gasteiger partial charge in [0.25, 0.3) is 5.91 Å². The Hall–Kier alpha value is -5.30. The Bertz CT molecular complexity index is 2690. The summed E-state index contributed by atoms with van der Waals surface area (Å²) in [7, 11) is 9.02. The number of likely N-dealkylation sites (N-methyl/N-ethyl adjacent to an activating group) is 2. The Morgan fingerprint density at radius 3 is 2.27 bits per heavy atom. The predicted molar refractivity (Wildman–Crippen MR) is 236 cm³/mol. The maximum absolute atomic E-state index is 15.5. The molecule has 3 aromatic carbocycles. The van der Waals surface area contributed by atoms with E-state index >= 15 is 4.79 Å². The van der Waals surface area contributed by atoms with Crippen molar-refractivity contribution >= 4 is 74.2 Å². The third kappa shape index (κ3) is 7.04. The van der Waals surface area contributed by atoms with Gasteiger partial charge in [0, 0.05) is 78.2 Å². The highest BCUT2D eigenvalue weighted by Crippen LogP contribution is 2.46. The van der Waals surface area contributed by atoms with E-state index in [1.54, 1.807) is 35.8 Å². The molecular formula is C45H51Cl2N7O5. The van der Waals surface area contributed by atoms with Crippen LogP contribution in [-0.2, 0) is 25.3 Å². The second-order valence-electron chi connectivity index (χ2n) is 16.1. The summed E-state index contributed by atoms with van der Waals surface area (Å²) in [5, 5.41) is 17.7. The molecule has 1 aliphatic rings. The van der Waals surface area contributed by atoms with Crippen LogP contribution < -0.4 is 14.5 Å². The van der Waals surface area contributed by atoms with E-state index in [1.165, 1.54) is 4.90 Å².